The van der Waals surface area contributed by atoms with E-state index in [0.29, 0.717) is 5.82 Å². The van der Waals surface area contributed by atoms with Crippen LogP contribution in [0, 0.1) is 5.92 Å². The molecule has 0 radical (unpaired) electrons. The average Bonchev–Trinajstić information content (AvgIpc) is 3.02. The number of H-pyrrole nitrogens is 1. The van der Waals surface area contributed by atoms with Gasteiger partial charge in [-0.05, 0) is 36.6 Å². The van der Waals surface area contributed by atoms with Crippen molar-refractivity contribution < 1.29 is 4.79 Å². The number of carbonyl (C=O) groups excluding carboxylic acids is 1. The van der Waals surface area contributed by atoms with Crippen molar-refractivity contribution in [1.29, 1.82) is 0 Å². The summed E-state index contributed by atoms with van der Waals surface area (Å²) >= 11 is 0. The molecular formula is C14H18N6O. The quantitative estimate of drug-likeness (QED) is 0.788. The summed E-state index contributed by atoms with van der Waals surface area (Å²) in [7, 11) is 0. The molecule has 0 spiro atoms. The van der Waals surface area contributed by atoms with E-state index in [0.717, 1.165) is 36.9 Å². The summed E-state index contributed by atoms with van der Waals surface area (Å²) in [5.41, 5.74) is 7.48. The van der Waals surface area contributed by atoms with Gasteiger partial charge in [0.25, 0.3) is 0 Å². The average molecular weight is 286 g/mol. The highest BCUT2D eigenvalue weighted by molar-refractivity contribution is 5.93. The normalized spacial score (nSPS) is 22.0. The maximum absolute atomic E-state index is 12.3. The molecule has 7 heteroatoms. The molecular weight excluding hydrogens is 268 g/mol. The molecule has 1 aromatic carbocycles. The molecule has 0 bridgehead atoms. The van der Waals surface area contributed by atoms with Gasteiger partial charge in [-0.1, -0.05) is 18.6 Å². The van der Waals surface area contributed by atoms with E-state index >= 15 is 0 Å². The Morgan fingerprint density at radius 2 is 2.29 bits per heavy atom. The van der Waals surface area contributed by atoms with Crippen LogP contribution in [0.4, 0.5) is 5.69 Å². The third kappa shape index (κ3) is 3.25. The van der Waals surface area contributed by atoms with Gasteiger partial charge in [-0.15, -0.1) is 10.2 Å². The maximum Gasteiger partial charge on any atom is 0.227 e. The summed E-state index contributed by atoms with van der Waals surface area (Å²) in [6.45, 7) is 0. The lowest BCUT2D eigenvalue weighted by Crippen LogP contribution is -2.34. The van der Waals surface area contributed by atoms with Crippen LogP contribution >= 0.6 is 0 Å². The van der Waals surface area contributed by atoms with Gasteiger partial charge < -0.3 is 11.1 Å². The van der Waals surface area contributed by atoms with Gasteiger partial charge in [-0.2, -0.15) is 5.21 Å². The molecule has 1 amide bonds. The highest BCUT2D eigenvalue weighted by Gasteiger charge is 2.25. The first-order chi connectivity index (χ1) is 10.2. The molecule has 1 heterocycles. The van der Waals surface area contributed by atoms with Gasteiger partial charge in [0, 0.05) is 23.2 Å². The fraction of sp³-hybridized carbons (Fsp3) is 0.429. The summed E-state index contributed by atoms with van der Waals surface area (Å²) in [4.78, 5) is 12.3. The van der Waals surface area contributed by atoms with E-state index in [1.54, 1.807) is 0 Å². The Hall–Kier alpha value is -2.28. The van der Waals surface area contributed by atoms with Gasteiger partial charge in [-0.3, -0.25) is 4.79 Å². The number of carbonyl (C=O) groups is 1. The Labute approximate surface area is 122 Å². The number of hydrogen-bond donors (Lipinski definition) is 3. The highest BCUT2D eigenvalue weighted by Crippen LogP contribution is 2.25. The third-order valence-electron chi connectivity index (χ3n) is 3.82. The predicted molar refractivity (Wildman–Crippen MR) is 78.2 cm³/mol. The molecule has 3 rings (SSSR count). The molecule has 7 nitrogen and oxygen atoms in total. The molecule has 0 aliphatic heterocycles. The van der Waals surface area contributed by atoms with Crippen LogP contribution in [-0.2, 0) is 4.79 Å². The number of nitrogens with zero attached hydrogens (tertiary/aromatic N) is 3. The minimum atomic E-state index is 0.00239. The smallest absolute Gasteiger partial charge is 0.227 e. The van der Waals surface area contributed by atoms with E-state index in [1.165, 1.54) is 0 Å². The zero-order valence-corrected chi connectivity index (χ0v) is 11.6. The molecule has 0 saturated heterocycles. The third-order valence-corrected chi connectivity index (χ3v) is 3.82. The van der Waals surface area contributed by atoms with Crippen LogP contribution in [0.2, 0.25) is 0 Å². The topological polar surface area (TPSA) is 110 Å². The van der Waals surface area contributed by atoms with Gasteiger partial charge in [0.15, 0.2) is 0 Å². The van der Waals surface area contributed by atoms with E-state index in [-0.39, 0.29) is 17.9 Å². The van der Waals surface area contributed by atoms with Crippen LogP contribution < -0.4 is 11.1 Å². The second-order valence-corrected chi connectivity index (χ2v) is 5.43. The van der Waals surface area contributed by atoms with E-state index in [2.05, 4.69) is 25.9 Å². The lowest BCUT2D eigenvalue weighted by molar-refractivity contribution is -0.120. The number of rotatable bonds is 3. The highest BCUT2D eigenvalue weighted by atomic mass is 16.1. The first-order valence-corrected chi connectivity index (χ1v) is 7.12. The summed E-state index contributed by atoms with van der Waals surface area (Å²) in [6.07, 6.45) is 3.69. The minimum absolute atomic E-state index is 0.00239. The van der Waals surface area contributed by atoms with Crippen molar-refractivity contribution in [2.75, 3.05) is 5.32 Å². The molecule has 1 aliphatic carbocycles. The summed E-state index contributed by atoms with van der Waals surface area (Å²) in [5, 5.41) is 16.8. The van der Waals surface area contributed by atoms with Crippen LogP contribution in [-0.4, -0.2) is 32.6 Å². The number of nitrogens with two attached hydrogens (primary N) is 1. The molecule has 2 atom stereocenters. The lowest BCUT2D eigenvalue weighted by Gasteiger charge is -2.25. The van der Waals surface area contributed by atoms with Gasteiger partial charge in [0.05, 0.1) is 0 Å². The zero-order valence-electron chi connectivity index (χ0n) is 11.6. The lowest BCUT2D eigenvalue weighted by atomic mass is 9.85. The van der Waals surface area contributed by atoms with Crippen molar-refractivity contribution in [2.24, 2.45) is 11.7 Å². The zero-order chi connectivity index (χ0) is 14.7. The van der Waals surface area contributed by atoms with Crippen molar-refractivity contribution in [3.8, 4) is 11.4 Å². The molecule has 4 N–H and O–H groups in total. The predicted octanol–water partition coefficient (Wildman–Crippen LogP) is 1.32. The second kappa shape index (κ2) is 6.01. The fourth-order valence-electron chi connectivity index (χ4n) is 2.73. The van der Waals surface area contributed by atoms with Crippen LogP contribution in [0.1, 0.15) is 25.7 Å². The Balaban J connectivity index is 1.70. The molecule has 1 saturated carbocycles. The van der Waals surface area contributed by atoms with Gasteiger partial charge in [0.1, 0.15) is 0 Å². The summed E-state index contributed by atoms with van der Waals surface area (Å²) in [5.74, 6) is 0.545. The van der Waals surface area contributed by atoms with Gasteiger partial charge in [-0.25, -0.2) is 0 Å². The van der Waals surface area contributed by atoms with Gasteiger partial charge >= 0.3 is 0 Å². The number of nitrogens with one attached hydrogen (secondary N) is 2. The summed E-state index contributed by atoms with van der Waals surface area (Å²) < 4.78 is 0. The monoisotopic (exact) mass is 286 g/mol. The number of tetrazole rings is 1. The Kier molecular flexibility index (Phi) is 3.92. The molecule has 21 heavy (non-hydrogen) atoms. The molecule has 2 unspecified atom stereocenters. The first-order valence-electron chi connectivity index (χ1n) is 7.12. The largest absolute Gasteiger partial charge is 0.328 e. The van der Waals surface area contributed by atoms with E-state index in [4.69, 9.17) is 5.73 Å². The van der Waals surface area contributed by atoms with Crippen molar-refractivity contribution in [1.82, 2.24) is 20.6 Å². The SMILES string of the molecule is NC1CCCC(C(=O)Nc2cccc(-c3nn[nH]n3)c2)C1. The van der Waals surface area contributed by atoms with Crippen molar-refractivity contribution in [3.05, 3.63) is 24.3 Å². The van der Waals surface area contributed by atoms with Crippen molar-refractivity contribution in [3.63, 3.8) is 0 Å². The van der Waals surface area contributed by atoms with E-state index in [9.17, 15) is 4.79 Å². The Morgan fingerprint density at radius 3 is 3.05 bits per heavy atom. The number of amides is 1. The van der Waals surface area contributed by atoms with Crippen LogP contribution in [0.25, 0.3) is 11.4 Å². The fourth-order valence-corrected chi connectivity index (χ4v) is 2.73. The number of benzene rings is 1. The van der Waals surface area contributed by atoms with Crippen molar-refractivity contribution >= 4 is 11.6 Å². The number of aromatic nitrogens is 4. The number of hydrogen-bond acceptors (Lipinski definition) is 5. The first kappa shape index (κ1) is 13.7. The summed E-state index contributed by atoms with van der Waals surface area (Å²) in [6, 6.07) is 7.56. The molecule has 2 aromatic rings. The van der Waals surface area contributed by atoms with E-state index < -0.39 is 0 Å². The number of anilines is 1. The Morgan fingerprint density at radius 1 is 1.38 bits per heavy atom. The Bertz CT molecular complexity index is 612. The van der Waals surface area contributed by atoms with Crippen molar-refractivity contribution in [2.45, 2.75) is 31.7 Å². The molecule has 1 fully saturated rings. The van der Waals surface area contributed by atoms with Crippen LogP contribution in [0.3, 0.4) is 0 Å². The van der Waals surface area contributed by atoms with Gasteiger partial charge in [0.2, 0.25) is 11.7 Å². The second-order valence-electron chi connectivity index (χ2n) is 5.43. The maximum atomic E-state index is 12.3. The number of aromatic amines is 1. The minimum Gasteiger partial charge on any atom is -0.328 e. The molecule has 1 aliphatic rings. The van der Waals surface area contributed by atoms with E-state index in [1.807, 2.05) is 24.3 Å². The van der Waals surface area contributed by atoms with Crippen LogP contribution in [0.5, 0.6) is 0 Å². The van der Waals surface area contributed by atoms with Crippen LogP contribution in [0.15, 0.2) is 24.3 Å². The standard InChI is InChI=1S/C14H18N6O/c15-11-5-1-4-10(7-11)14(21)16-12-6-2-3-9(8-12)13-17-19-20-18-13/h2-3,6,8,10-11H,1,4-5,7,15H2,(H,16,21)(H,17,18,19,20). The molecule has 1 aromatic heterocycles. The molecule has 110 valence electrons.